The lowest BCUT2D eigenvalue weighted by molar-refractivity contribution is -0.125. The molecule has 1 amide bonds. The zero-order valence-electron chi connectivity index (χ0n) is 18.2. The van der Waals surface area contributed by atoms with Crippen LogP contribution in [-0.4, -0.2) is 63.8 Å². The first-order valence-corrected chi connectivity index (χ1v) is 11.3. The molecule has 0 radical (unpaired) electrons. The fourth-order valence-corrected chi connectivity index (χ4v) is 5.19. The van der Waals surface area contributed by atoms with Crippen LogP contribution in [0.5, 0.6) is 0 Å². The molecule has 158 valence electrons. The molecule has 0 aromatic carbocycles. The minimum atomic E-state index is 0.0907. The Bertz CT molecular complexity index is 635. The fourth-order valence-electron chi connectivity index (χ4n) is 5.19. The van der Waals surface area contributed by atoms with E-state index in [0.29, 0.717) is 6.42 Å². The number of aryl methyl sites for hydroxylation is 2. The summed E-state index contributed by atoms with van der Waals surface area (Å²) >= 11 is 0. The number of carbonyl (C=O) groups is 1. The summed E-state index contributed by atoms with van der Waals surface area (Å²) < 4.78 is 1.90. The van der Waals surface area contributed by atoms with Crippen molar-refractivity contribution in [2.24, 2.45) is 7.05 Å². The molecule has 2 heterocycles. The Hall–Kier alpha value is -1.40. The van der Waals surface area contributed by atoms with E-state index in [4.69, 9.17) is 0 Å². The lowest BCUT2D eigenvalue weighted by atomic mass is 9.77. The van der Waals surface area contributed by atoms with Crippen LogP contribution in [0.15, 0.2) is 6.20 Å². The molecule has 1 saturated carbocycles. The molecule has 6 nitrogen and oxygen atoms in total. The molecule has 1 aliphatic heterocycles. The maximum Gasteiger partial charge on any atom is 0.221 e. The van der Waals surface area contributed by atoms with Gasteiger partial charge >= 0.3 is 0 Å². The number of aromatic nitrogens is 2. The van der Waals surface area contributed by atoms with Gasteiger partial charge in [0.25, 0.3) is 0 Å². The van der Waals surface area contributed by atoms with E-state index in [0.717, 1.165) is 57.8 Å². The van der Waals surface area contributed by atoms with Gasteiger partial charge in [-0.3, -0.25) is 19.3 Å². The average molecular weight is 390 g/mol. The van der Waals surface area contributed by atoms with Gasteiger partial charge in [0.15, 0.2) is 0 Å². The van der Waals surface area contributed by atoms with Crippen LogP contribution in [0.25, 0.3) is 0 Å². The maximum atomic E-state index is 12.8. The molecule has 0 atom stereocenters. The van der Waals surface area contributed by atoms with Gasteiger partial charge in [0.2, 0.25) is 5.91 Å². The lowest BCUT2D eigenvalue weighted by Crippen LogP contribution is -2.53. The van der Waals surface area contributed by atoms with E-state index in [1.54, 1.807) is 0 Å². The molecule has 2 fully saturated rings. The van der Waals surface area contributed by atoms with E-state index in [1.807, 2.05) is 11.7 Å². The highest BCUT2D eigenvalue weighted by Gasteiger charge is 2.39. The van der Waals surface area contributed by atoms with Crippen molar-refractivity contribution >= 4 is 5.91 Å². The second-order valence-electron chi connectivity index (χ2n) is 8.84. The van der Waals surface area contributed by atoms with Crippen LogP contribution in [-0.2, 0) is 18.4 Å². The molecular weight excluding hydrogens is 350 g/mol. The lowest BCUT2D eigenvalue weighted by Gasteiger charge is -2.46. The van der Waals surface area contributed by atoms with E-state index >= 15 is 0 Å². The van der Waals surface area contributed by atoms with Gasteiger partial charge in [0, 0.05) is 50.4 Å². The second kappa shape index (κ2) is 9.88. The van der Waals surface area contributed by atoms with Gasteiger partial charge in [-0.2, -0.15) is 5.10 Å². The fraction of sp³-hybridized carbons (Fsp3) is 0.818. The molecule has 1 aromatic heterocycles. The van der Waals surface area contributed by atoms with Gasteiger partial charge in [-0.05, 0) is 52.2 Å². The molecule has 1 aliphatic carbocycles. The summed E-state index contributed by atoms with van der Waals surface area (Å²) in [7, 11) is 1.98. The van der Waals surface area contributed by atoms with Crippen LogP contribution in [0.1, 0.15) is 69.5 Å². The number of hydrogen-bond acceptors (Lipinski definition) is 4. The second-order valence-corrected chi connectivity index (χ2v) is 8.84. The minimum Gasteiger partial charge on any atom is -0.355 e. The van der Waals surface area contributed by atoms with Crippen molar-refractivity contribution in [1.29, 1.82) is 0 Å². The number of hydrogen-bond donors (Lipinski definition) is 1. The van der Waals surface area contributed by atoms with Crippen LogP contribution < -0.4 is 5.32 Å². The molecule has 28 heavy (non-hydrogen) atoms. The monoisotopic (exact) mass is 389 g/mol. The van der Waals surface area contributed by atoms with E-state index in [9.17, 15) is 4.79 Å². The molecule has 3 rings (SSSR count). The van der Waals surface area contributed by atoms with Crippen LogP contribution in [0.4, 0.5) is 0 Å². The van der Waals surface area contributed by atoms with Crippen molar-refractivity contribution in [3.63, 3.8) is 0 Å². The summed E-state index contributed by atoms with van der Waals surface area (Å²) in [5, 5.41) is 7.71. The van der Waals surface area contributed by atoms with Crippen molar-refractivity contribution in [2.45, 2.75) is 77.3 Å². The van der Waals surface area contributed by atoms with Gasteiger partial charge in [0.05, 0.1) is 5.69 Å². The summed E-state index contributed by atoms with van der Waals surface area (Å²) in [6.07, 6.45) is 11.3. The van der Waals surface area contributed by atoms with Crippen LogP contribution >= 0.6 is 0 Å². The Labute approximate surface area is 170 Å². The van der Waals surface area contributed by atoms with Crippen molar-refractivity contribution in [1.82, 2.24) is 24.9 Å². The quantitative estimate of drug-likeness (QED) is 0.860. The van der Waals surface area contributed by atoms with Gasteiger partial charge in [-0.1, -0.05) is 26.2 Å². The van der Waals surface area contributed by atoms with Gasteiger partial charge in [0.1, 0.15) is 0 Å². The first kappa shape index (κ1) is 21.3. The zero-order chi connectivity index (χ0) is 20.0. The normalized spacial score (nSPS) is 22.8. The molecule has 0 bridgehead atoms. The third-order valence-corrected chi connectivity index (χ3v) is 6.60. The number of carbonyl (C=O) groups excluding carboxylic acids is 1. The smallest absolute Gasteiger partial charge is 0.221 e. The van der Waals surface area contributed by atoms with Gasteiger partial charge in [-0.25, -0.2) is 0 Å². The van der Waals surface area contributed by atoms with E-state index in [2.05, 4.69) is 40.3 Å². The number of nitrogens with one attached hydrogen (secondary N) is 1. The van der Waals surface area contributed by atoms with Crippen LogP contribution in [0, 0.1) is 6.92 Å². The SMILES string of the molecule is CCCN1CCCN(Cc2cn(C)nc2C)CCNC(=O)CC12CCCCC2. The van der Waals surface area contributed by atoms with E-state index in [-0.39, 0.29) is 11.4 Å². The molecule has 1 saturated heterocycles. The molecule has 2 aliphatic rings. The van der Waals surface area contributed by atoms with Gasteiger partial charge < -0.3 is 5.32 Å². The highest BCUT2D eigenvalue weighted by Crippen LogP contribution is 2.37. The largest absolute Gasteiger partial charge is 0.355 e. The molecule has 1 N–H and O–H groups in total. The maximum absolute atomic E-state index is 12.8. The Morgan fingerprint density at radius 2 is 1.93 bits per heavy atom. The first-order valence-electron chi connectivity index (χ1n) is 11.3. The first-order chi connectivity index (χ1) is 13.5. The molecule has 6 heteroatoms. The van der Waals surface area contributed by atoms with Crippen LogP contribution in [0.3, 0.4) is 0 Å². The minimum absolute atomic E-state index is 0.0907. The molecule has 1 aromatic rings. The Kier molecular flexibility index (Phi) is 7.52. The third-order valence-electron chi connectivity index (χ3n) is 6.60. The molecule has 1 spiro atoms. The topological polar surface area (TPSA) is 53.4 Å². The molecule has 0 unspecified atom stereocenters. The zero-order valence-corrected chi connectivity index (χ0v) is 18.2. The highest BCUT2D eigenvalue weighted by atomic mass is 16.1. The summed E-state index contributed by atoms with van der Waals surface area (Å²) in [6, 6.07) is 0. The third kappa shape index (κ3) is 5.35. The summed E-state index contributed by atoms with van der Waals surface area (Å²) in [5.41, 5.74) is 2.49. The highest BCUT2D eigenvalue weighted by molar-refractivity contribution is 5.77. The number of nitrogens with zero attached hydrogens (tertiary/aromatic N) is 4. The standard InChI is InChI=1S/C22H39N5O/c1-4-12-27-14-8-13-26(18-20-17-25(3)24-19(20)2)15-11-23-21(28)16-22(27)9-6-5-7-10-22/h17H,4-16,18H2,1-3H3,(H,23,28). The van der Waals surface area contributed by atoms with Crippen molar-refractivity contribution < 1.29 is 4.79 Å². The van der Waals surface area contributed by atoms with E-state index in [1.165, 1.54) is 37.7 Å². The van der Waals surface area contributed by atoms with Crippen LogP contribution in [0.2, 0.25) is 0 Å². The summed E-state index contributed by atoms with van der Waals surface area (Å²) in [5.74, 6) is 0.238. The average Bonchev–Trinajstić information content (AvgIpc) is 2.96. The van der Waals surface area contributed by atoms with E-state index < -0.39 is 0 Å². The van der Waals surface area contributed by atoms with Crippen molar-refractivity contribution in [2.75, 3.05) is 32.7 Å². The number of amides is 1. The Morgan fingerprint density at radius 1 is 1.14 bits per heavy atom. The Balaban J connectivity index is 1.71. The molecular formula is C22H39N5O. The van der Waals surface area contributed by atoms with Crippen molar-refractivity contribution in [3.05, 3.63) is 17.5 Å². The van der Waals surface area contributed by atoms with Crippen molar-refractivity contribution in [3.8, 4) is 0 Å². The van der Waals surface area contributed by atoms with Gasteiger partial charge in [-0.15, -0.1) is 0 Å². The predicted molar refractivity (Wildman–Crippen MR) is 113 cm³/mol. The Morgan fingerprint density at radius 3 is 2.61 bits per heavy atom. The predicted octanol–water partition coefficient (Wildman–Crippen LogP) is 2.86. The number of rotatable bonds is 4. The summed E-state index contributed by atoms with van der Waals surface area (Å²) in [4.78, 5) is 17.9. The summed E-state index contributed by atoms with van der Waals surface area (Å²) in [6.45, 7) is 10.2.